The summed E-state index contributed by atoms with van der Waals surface area (Å²) in [4.78, 5) is 28.1. The standard InChI is InChI=1S/C26H23ClN2O3/c1-16-7-9-18(10-8-16)15-29-25(30)23(19-11-13-20(32-3)14-12-19)24(26(29)31)28-22-6-4-5-21(27)17(22)2/h4-14,28H,15H2,1-3H3. The third kappa shape index (κ3) is 4.12. The SMILES string of the molecule is COc1ccc(C2=C(Nc3cccc(Cl)c3C)C(=O)N(Cc3ccc(C)cc3)C2=O)cc1. The van der Waals surface area contributed by atoms with Crippen molar-refractivity contribution < 1.29 is 14.3 Å². The number of nitrogens with zero attached hydrogens (tertiary/aromatic N) is 1. The van der Waals surface area contributed by atoms with E-state index in [0.29, 0.717) is 27.6 Å². The van der Waals surface area contributed by atoms with Crippen molar-refractivity contribution in [3.63, 3.8) is 0 Å². The number of hydrogen-bond donors (Lipinski definition) is 1. The molecule has 6 heteroatoms. The van der Waals surface area contributed by atoms with Gasteiger partial charge in [-0.2, -0.15) is 0 Å². The first kappa shape index (κ1) is 21.7. The number of amides is 2. The van der Waals surface area contributed by atoms with Crippen molar-refractivity contribution >= 4 is 34.7 Å². The van der Waals surface area contributed by atoms with Gasteiger partial charge in [0.25, 0.3) is 11.8 Å². The smallest absolute Gasteiger partial charge is 0.278 e. The molecular formula is C26H23ClN2O3. The van der Waals surface area contributed by atoms with E-state index < -0.39 is 0 Å². The van der Waals surface area contributed by atoms with Gasteiger partial charge in [-0.1, -0.05) is 59.6 Å². The molecule has 0 aliphatic carbocycles. The van der Waals surface area contributed by atoms with Crippen LogP contribution in [0, 0.1) is 13.8 Å². The second-order valence-electron chi connectivity index (χ2n) is 7.70. The van der Waals surface area contributed by atoms with E-state index in [1.807, 2.05) is 44.2 Å². The minimum atomic E-state index is -0.374. The Kier molecular flexibility index (Phi) is 6.01. The molecule has 0 unspecified atom stereocenters. The Labute approximate surface area is 192 Å². The third-order valence-corrected chi connectivity index (χ3v) is 5.94. The number of imide groups is 1. The summed E-state index contributed by atoms with van der Waals surface area (Å²) in [6, 6.07) is 20.3. The van der Waals surface area contributed by atoms with E-state index in [1.165, 1.54) is 4.90 Å². The van der Waals surface area contributed by atoms with E-state index >= 15 is 0 Å². The second-order valence-corrected chi connectivity index (χ2v) is 8.11. The number of aryl methyl sites for hydroxylation is 1. The van der Waals surface area contributed by atoms with Crippen LogP contribution in [-0.2, 0) is 16.1 Å². The van der Waals surface area contributed by atoms with Gasteiger partial charge < -0.3 is 10.1 Å². The van der Waals surface area contributed by atoms with Crippen LogP contribution in [-0.4, -0.2) is 23.8 Å². The molecule has 0 fully saturated rings. The largest absolute Gasteiger partial charge is 0.497 e. The Balaban J connectivity index is 1.76. The number of hydrogen-bond acceptors (Lipinski definition) is 4. The van der Waals surface area contributed by atoms with Gasteiger partial charge in [0.2, 0.25) is 0 Å². The fraction of sp³-hybridized carbons (Fsp3) is 0.154. The van der Waals surface area contributed by atoms with E-state index in [2.05, 4.69) is 5.32 Å². The molecule has 1 N–H and O–H groups in total. The number of rotatable bonds is 6. The summed E-state index contributed by atoms with van der Waals surface area (Å²) >= 11 is 6.27. The van der Waals surface area contributed by atoms with Crippen LogP contribution in [0.1, 0.15) is 22.3 Å². The van der Waals surface area contributed by atoms with Gasteiger partial charge in [0.05, 0.1) is 19.2 Å². The number of halogens is 1. The van der Waals surface area contributed by atoms with Gasteiger partial charge in [0.15, 0.2) is 0 Å². The molecule has 4 rings (SSSR count). The first-order valence-electron chi connectivity index (χ1n) is 10.2. The van der Waals surface area contributed by atoms with Crippen molar-refractivity contribution in [3.8, 4) is 5.75 Å². The molecule has 0 aromatic heterocycles. The zero-order chi connectivity index (χ0) is 22.8. The van der Waals surface area contributed by atoms with Crippen molar-refractivity contribution in [3.05, 3.63) is 99.7 Å². The number of methoxy groups -OCH3 is 1. The van der Waals surface area contributed by atoms with Crippen LogP contribution in [0.25, 0.3) is 5.57 Å². The predicted octanol–water partition coefficient (Wildman–Crippen LogP) is 5.36. The molecule has 2 amide bonds. The average molecular weight is 447 g/mol. The summed E-state index contributed by atoms with van der Waals surface area (Å²) in [5.74, 6) is -0.0495. The molecule has 0 saturated heterocycles. The van der Waals surface area contributed by atoms with Crippen LogP contribution < -0.4 is 10.1 Å². The van der Waals surface area contributed by atoms with E-state index in [1.54, 1.807) is 43.5 Å². The molecule has 32 heavy (non-hydrogen) atoms. The molecule has 0 saturated carbocycles. The lowest BCUT2D eigenvalue weighted by Gasteiger charge is -2.16. The van der Waals surface area contributed by atoms with Crippen LogP contribution in [0.2, 0.25) is 5.02 Å². The summed E-state index contributed by atoms with van der Waals surface area (Å²) in [5, 5.41) is 3.76. The van der Waals surface area contributed by atoms with Gasteiger partial charge in [-0.05, 0) is 54.8 Å². The van der Waals surface area contributed by atoms with Crippen molar-refractivity contribution in [2.75, 3.05) is 12.4 Å². The van der Waals surface area contributed by atoms with E-state index in [9.17, 15) is 9.59 Å². The molecular weight excluding hydrogens is 424 g/mol. The Bertz CT molecular complexity index is 1210. The lowest BCUT2D eigenvalue weighted by molar-refractivity contribution is -0.137. The highest BCUT2D eigenvalue weighted by atomic mass is 35.5. The lowest BCUT2D eigenvalue weighted by Crippen LogP contribution is -2.32. The van der Waals surface area contributed by atoms with Gasteiger partial charge in [-0.3, -0.25) is 14.5 Å². The first-order chi connectivity index (χ1) is 15.4. The number of carbonyl (C=O) groups is 2. The topological polar surface area (TPSA) is 58.6 Å². The summed E-state index contributed by atoms with van der Waals surface area (Å²) in [6.07, 6.45) is 0. The van der Waals surface area contributed by atoms with E-state index in [-0.39, 0.29) is 24.1 Å². The fourth-order valence-electron chi connectivity index (χ4n) is 3.61. The highest BCUT2D eigenvalue weighted by molar-refractivity contribution is 6.36. The summed E-state index contributed by atoms with van der Waals surface area (Å²) in [5.41, 5.74) is 4.67. The Morgan fingerprint density at radius 2 is 1.59 bits per heavy atom. The highest BCUT2D eigenvalue weighted by Gasteiger charge is 2.39. The maximum Gasteiger partial charge on any atom is 0.278 e. The summed E-state index contributed by atoms with van der Waals surface area (Å²) < 4.78 is 5.23. The molecule has 1 aliphatic rings. The highest BCUT2D eigenvalue weighted by Crippen LogP contribution is 2.34. The van der Waals surface area contributed by atoms with Crippen molar-refractivity contribution in [1.82, 2.24) is 4.90 Å². The number of nitrogens with one attached hydrogen (secondary N) is 1. The average Bonchev–Trinajstić information content (AvgIpc) is 3.02. The molecule has 1 heterocycles. The molecule has 1 aliphatic heterocycles. The zero-order valence-corrected chi connectivity index (χ0v) is 18.9. The monoisotopic (exact) mass is 446 g/mol. The van der Waals surface area contributed by atoms with E-state index in [4.69, 9.17) is 16.3 Å². The van der Waals surface area contributed by atoms with Crippen molar-refractivity contribution in [2.24, 2.45) is 0 Å². The zero-order valence-electron chi connectivity index (χ0n) is 18.1. The minimum Gasteiger partial charge on any atom is -0.497 e. The van der Waals surface area contributed by atoms with Gasteiger partial charge in [-0.15, -0.1) is 0 Å². The van der Waals surface area contributed by atoms with Gasteiger partial charge in [-0.25, -0.2) is 0 Å². The molecule has 0 spiro atoms. The van der Waals surface area contributed by atoms with Crippen molar-refractivity contribution in [2.45, 2.75) is 20.4 Å². The Morgan fingerprint density at radius 3 is 2.25 bits per heavy atom. The maximum atomic E-state index is 13.4. The van der Waals surface area contributed by atoms with Gasteiger partial charge >= 0.3 is 0 Å². The summed E-state index contributed by atoms with van der Waals surface area (Å²) in [6.45, 7) is 4.05. The van der Waals surface area contributed by atoms with Crippen LogP contribution >= 0.6 is 11.6 Å². The third-order valence-electron chi connectivity index (χ3n) is 5.54. The number of carbonyl (C=O) groups excluding carboxylic acids is 2. The van der Waals surface area contributed by atoms with Crippen LogP contribution in [0.4, 0.5) is 5.69 Å². The first-order valence-corrected chi connectivity index (χ1v) is 10.6. The molecule has 3 aromatic rings. The number of anilines is 1. The summed E-state index contributed by atoms with van der Waals surface area (Å²) in [7, 11) is 1.58. The molecule has 0 radical (unpaired) electrons. The quantitative estimate of drug-likeness (QED) is 0.518. The Hall–Kier alpha value is -3.57. The van der Waals surface area contributed by atoms with Crippen LogP contribution in [0.5, 0.6) is 5.75 Å². The van der Waals surface area contributed by atoms with Crippen molar-refractivity contribution in [1.29, 1.82) is 0 Å². The number of benzene rings is 3. The van der Waals surface area contributed by atoms with E-state index in [0.717, 1.165) is 16.7 Å². The predicted molar refractivity (Wildman–Crippen MR) is 126 cm³/mol. The molecule has 3 aromatic carbocycles. The second kappa shape index (κ2) is 8.89. The maximum absolute atomic E-state index is 13.4. The fourth-order valence-corrected chi connectivity index (χ4v) is 3.79. The molecule has 5 nitrogen and oxygen atoms in total. The van der Waals surface area contributed by atoms with Gasteiger partial charge in [0, 0.05) is 10.7 Å². The molecule has 0 bridgehead atoms. The minimum absolute atomic E-state index is 0.192. The molecule has 162 valence electrons. The molecule has 0 atom stereocenters. The van der Waals surface area contributed by atoms with Crippen LogP contribution in [0.3, 0.4) is 0 Å². The Morgan fingerprint density at radius 1 is 0.906 bits per heavy atom. The van der Waals surface area contributed by atoms with Crippen LogP contribution in [0.15, 0.2) is 72.4 Å². The normalized spacial score (nSPS) is 13.7. The lowest BCUT2D eigenvalue weighted by atomic mass is 10.0. The van der Waals surface area contributed by atoms with Gasteiger partial charge in [0.1, 0.15) is 11.4 Å². The number of ether oxygens (including phenoxy) is 1.